The summed E-state index contributed by atoms with van der Waals surface area (Å²) in [7, 11) is 2.91. The molecule has 1 heterocycles. The molecule has 0 radical (unpaired) electrons. The Bertz CT molecular complexity index is 1300. The normalized spacial score (nSPS) is 13.1. The first-order chi connectivity index (χ1) is 18.2. The number of carbonyl (C=O) groups is 2. The van der Waals surface area contributed by atoms with E-state index < -0.39 is 35.7 Å². The molecular formula is C29H30FNO6S. The maximum absolute atomic E-state index is 13.9. The molecule has 7 nitrogen and oxygen atoms in total. The number of thiocarbonyl (C=S) groups is 1. The average molecular weight is 540 g/mol. The van der Waals surface area contributed by atoms with Gasteiger partial charge in [-0.1, -0.05) is 55.5 Å². The van der Waals surface area contributed by atoms with Crippen molar-refractivity contribution >= 4 is 29.0 Å². The Morgan fingerprint density at radius 2 is 1.68 bits per heavy atom. The van der Waals surface area contributed by atoms with E-state index in [1.807, 2.05) is 30.3 Å². The van der Waals surface area contributed by atoms with Crippen LogP contribution in [0.4, 0.5) is 4.39 Å². The zero-order valence-electron chi connectivity index (χ0n) is 21.9. The number of benzene rings is 2. The van der Waals surface area contributed by atoms with Gasteiger partial charge in [0.25, 0.3) is 0 Å². The molecule has 0 unspecified atom stereocenters. The van der Waals surface area contributed by atoms with E-state index in [1.165, 1.54) is 39.5 Å². The van der Waals surface area contributed by atoms with Gasteiger partial charge in [0.2, 0.25) is 0 Å². The lowest BCUT2D eigenvalue weighted by atomic mass is 9.86. The molecule has 1 aromatic heterocycles. The number of carbonyl (C=O) groups excluding carboxylic acids is 2. The lowest BCUT2D eigenvalue weighted by Gasteiger charge is -2.27. The number of aromatic nitrogens is 1. The smallest absolute Gasteiger partial charge is 0.309 e. The molecule has 3 atom stereocenters. The van der Waals surface area contributed by atoms with Gasteiger partial charge in [-0.3, -0.25) is 14.6 Å². The van der Waals surface area contributed by atoms with Crippen molar-refractivity contribution < 1.29 is 32.9 Å². The summed E-state index contributed by atoms with van der Waals surface area (Å²) in [6.07, 6.45) is 0.997. The number of rotatable bonds is 11. The van der Waals surface area contributed by atoms with Crippen molar-refractivity contribution in [3.8, 4) is 17.2 Å². The number of methoxy groups -OCH3 is 2. The van der Waals surface area contributed by atoms with Gasteiger partial charge in [-0.25, -0.2) is 4.39 Å². The third-order valence-corrected chi connectivity index (χ3v) is 6.31. The minimum absolute atomic E-state index is 0.106. The van der Waals surface area contributed by atoms with E-state index in [4.69, 9.17) is 31.2 Å². The van der Waals surface area contributed by atoms with E-state index in [0.717, 1.165) is 5.56 Å². The second kappa shape index (κ2) is 13.1. The predicted molar refractivity (Wildman–Crippen MR) is 144 cm³/mol. The van der Waals surface area contributed by atoms with Crippen LogP contribution in [0.3, 0.4) is 0 Å². The number of hydrogen-bond acceptors (Lipinski definition) is 8. The van der Waals surface area contributed by atoms with Crippen molar-refractivity contribution in [3.05, 3.63) is 83.4 Å². The summed E-state index contributed by atoms with van der Waals surface area (Å²) in [4.78, 5) is 29.4. The largest absolute Gasteiger partial charge is 0.496 e. The monoisotopic (exact) mass is 539 g/mol. The number of hydrogen-bond donors (Lipinski definition) is 0. The molecule has 200 valence electrons. The Hall–Kier alpha value is -3.85. The quantitative estimate of drug-likeness (QED) is 0.175. The maximum Gasteiger partial charge on any atom is 0.309 e. The van der Waals surface area contributed by atoms with Gasteiger partial charge >= 0.3 is 11.9 Å². The molecule has 3 rings (SSSR count). The van der Waals surface area contributed by atoms with Gasteiger partial charge in [-0.15, -0.1) is 0 Å². The Kier molecular flexibility index (Phi) is 9.90. The topological polar surface area (TPSA) is 84.0 Å². The van der Waals surface area contributed by atoms with Crippen LogP contribution in [-0.4, -0.2) is 42.1 Å². The molecule has 38 heavy (non-hydrogen) atoms. The van der Waals surface area contributed by atoms with Gasteiger partial charge in [0.05, 0.1) is 20.1 Å². The molecule has 0 saturated carbocycles. The Morgan fingerprint density at radius 1 is 1.00 bits per heavy atom. The summed E-state index contributed by atoms with van der Waals surface area (Å²) >= 11 is 5.56. The predicted octanol–water partition coefficient (Wildman–Crippen LogP) is 5.67. The molecule has 0 bridgehead atoms. The van der Waals surface area contributed by atoms with Gasteiger partial charge < -0.3 is 18.9 Å². The fourth-order valence-electron chi connectivity index (χ4n) is 4.16. The standard InChI is InChI=1S/C29H30FNO6S/c1-17(15-25(38)27-28(37-19(3)32)23(34-4)13-14-31-27)29(33)36-18(2)26(20-9-7-6-8-10-20)22-12-11-21(30)16-24(22)35-5/h6-14,16-18,26H,15H2,1-5H3/t17-,18+,26+/m1/s1. The van der Waals surface area contributed by atoms with Crippen LogP contribution in [-0.2, 0) is 14.3 Å². The summed E-state index contributed by atoms with van der Waals surface area (Å²) < 4.78 is 35.8. The fourth-order valence-corrected chi connectivity index (χ4v) is 4.56. The third-order valence-electron chi connectivity index (χ3n) is 5.95. The summed E-state index contributed by atoms with van der Waals surface area (Å²) in [5.41, 5.74) is 1.82. The van der Waals surface area contributed by atoms with Crippen LogP contribution in [0.1, 0.15) is 49.9 Å². The highest BCUT2D eigenvalue weighted by atomic mass is 32.1. The minimum Gasteiger partial charge on any atom is -0.496 e. The molecule has 9 heteroatoms. The van der Waals surface area contributed by atoms with E-state index in [1.54, 1.807) is 26.0 Å². The number of nitrogens with zero attached hydrogens (tertiary/aromatic N) is 1. The van der Waals surface area contributed by atoms with Gasteiger partial charge in [0.15, 0.2) is 11.5 Å². The molecule has 0 N–H and O–H groups in total. The van der Waals surface area contributed by atoms with Crippen molar-refractivity contribution in [3.63, 3.8) is 0 Å². The summed E-state index contributed by atoms with van der Waals surface area (Å²) in [5.74, 6) is -1.73. The molecule has 0 aliphatic carbocycles. The van der Waals surface area contributed by atoms with Crippen molar-refractivity contribution in [1.29, 1.82) is 0 Å². The minimum atomic E-state index is -0.630. The summed E-state index contributed by atoms with van der Waals surface area (Å²) in [6, 6.07) is 15.3. The van der Waals surface area contributed by atoms with Crippen LogP contribution in [0, 0.1) is 11.7 Å². The summed E-state index contributed by atoms with van der Waals surface area (Å²) in [5, 5.41) is 0. The zero-order chi connectivity index (χ0) is 27.8. The van der Waals surface area contributed by atoms with E-state index in [-0.39, 0.29) is 17.9 Å². The highest BCUT2D eigenvalue weighted by Gasteiger charge is 2.30. The maximum atomic E-state index is 13.9. The van der Waals surface area contributed by atoms with Crippen molar-refractivity contribution in [1.82, 2.24) is 4.98 Å². The molecular weight excluding hydrogens is 509 g/mol. The number of esters is 2. The van der Waals surface area contributed by atoms with Gasteiger partial charge in [0, 0.05) is 41.6 Å². The highest BCUT2D eigenvalue weighted by Crippen LogP contribution is 2.37. The van der Waals surface area contributed by atoms with Crippen molar-refractivity contribution in [2.24, 2.45) is 5.92 Å². The third kappa shape index (κ3) is 6.92. The van der Waals surface area contributed by atoms with Crippen LogP contribution in [0.15, 0.2) is 60.8 Å². The number of ether oxygens (including phenoxy) is 4. The lowest BCUT2D eigenvalue weighted by Crippen LogP contribution is -2.28. The van der Waals surface area contributed by atoms with Crippen LogP contribution < -0.4 is 14.2 Å². The zero-order valence-corrected chi connectivity index (χ0v) is 22.7. The molecule has 2 aromatic carbocycles. The van der Waals surface area contributed by atoms with Crippen molar-refractivity contribution in [2.45, 2.75) is 39.2 Å². The van der Waals surface area contributed by atoms with Crippen LogP contribution in [0.25, 0.3) is 0 Å². The van der Waals surface area contributed by atoms with E-state index in [2.05, 4.69) is 4.98 Å². The Labute approximate surface area is 226 Å². The highest BCUT2D eigenvalue weighted by molar-refractivity contribution is 7.80. The second-order valence-corrected chi connectivity index (χ2v) is 9.22. The van der Waals surface area contributed by atoms with Gasteiger partial charge in [-0.2, -0.15) is 0 Å². The first-order valence-electron chi connectivity index (χ1n) is 12.0. The first kappa shape index (κ1) is 28.7. The van der Waals surface area contributed by atoms with E-state index in [9.17, 15) is 14.0 Å². The lowest BCUT2D eigenvalue weighted by molar-refractivity contribution is -0.153. The molecule has 3 aromatic rings. The molecule has 0 amide bonds. The SMILES string of the molecule is COc1cc(F)ccc1[C@H](c1ccccc1)[C@H](C)OC(=O)[C@H](C)CC(=S)c1nccc(OC)c1OC(C)=O. The molecule has 0 aliphatic heterocycles. The Morgan fingerprint density at radius 3 is 2.32 bits per heavy atom. The average Bonchev–Trinajstić information content (AvgIpc) is 2.89. The number of pyridine rings is 1. The van der Waals surface area contributed by atoms with Gasteiger partial charge in [0.1, 0.15) is 23.4 Å². The molecule has 0 fully saturated rings. The molecule has 0 saturated heterocycles. The summed E-state index contributed by atoms with van der Waals surface area (Å²) in [6.45, 7) is 4.74. The van der Waals surface area contributed by atoms with Crippen LogP contribution in [0.5, 0.6) is 17.2 Å². The van der Waals surface area contributed by atoms with E-state index in [0.29, 0.717) is 21.9 Å². The van der Waals surface area contributed by atoms with Crippen LogP contribution in [0.2, 0.25) is 0 Å². The Balaban J connectivity index is 1.82. The van der Waals surface area contributed by atoms with Gasteiger partial charge in [-0.05, 0) is 25.0 Å². The van der Waals surface area contributed by atoms with Crippen molar-refractivity contribution in [2.75, 3.05) is 14.2 Å². The first-order valence-corrected chi connectivity index (χ1v) is 12.4. The van der Waals surface area contributed by atoms with Crippen LogP contribution >= 0.6 is 12.2 Å². The molecule has 0 aliphatic rings. The molecule has 0 spiro atoms. The fraction of sp³-hybridized carbons (Fsp3) is 0.310. The number of halogens is 1. The second-order valence-electron chi connectivity index (χ2n) is 8.73. The van der Waals surface area contributed by atoms with E-state index >= 15 is 0 Å².